The molecule has 1 aromatic heterocycles. The van der Waals surface area contributed by atoms with E-state index < -0.39 is 23.0 Å². The summed E-state index contributed by atoms with van der Waals surface area (Å²) in [5, 5.41) is 0. The van der Waals surface area contributed by atoms with Crippen LogP contribution in [-0.2, 0) is 0 Å². The van der Waals surface area contributed by atoms with Gasteiger partial charge in [0.15, 0.2) is 17.4 Å². The summed E-state index contributed by atoms with van der Waals surface area (Å²) in [6, 6.07) is 5.02. The Labute approximate surface area is 95.9 Å². The Morgan fingerprint density at radius 2 is 2.00 bits per heavy atom. The first-order valence-electron chi connectivity index (χ1n) is 4.79. The predicted molar refractivity (Wildman–Crippen MR) is 58.4 cm³/mol. The summed E-state index contributed by atoms with van der Waals surface area (Å²) in [5.41, 5.74) is 5.08. The van der Waals surface area contributed by atoms with Gasteiger partial charge in [-0.25, -0.2) is 8.78 Å². The Kier molecular flexibility index (Phi) is 2.82. The van der Waals surface area contributed by atoms with Gasteiger partial charge in [-0.05, 0) is 24.3 Å². The molecule has 0 saturated heterocycles. The molecule has 3 nitrogen and oxygen atoms in total. The van der Waals surface area contributed by atoms with Gasteiger partial charge in [0.2, 0.25) is 0 Å². The summed E-state index contributed by atoms with van der Waals surface area (Å²) in [6.07, 6.45) is 2.74. The van der Waals surface area contributed by atoms with E-state index in [-0.39, 0.29) is 11.3 Å². The van der Waals surface area contributed by atoms with Crippen LogP contribution >= 0.6 is 0 Å². The van der Waals surface area contributed by atoms with Crippen molar-refractivity contribution in [2.24, 2.45) is 0 Å². The number of carbonyl (C=O) groups is 1. The van der Waals surface area contributed by atoms with Crippen molar-refractivity contribution in [3.63, 3.8) is 0 Å². The van der Waals surface area contributed by atoms with Crippen molar-refractivity contribution in [3.05, 3.63) is 59.4 Å². The Morgan fingerprint density at radius 1 is 1.24 bits per heavy atom. The lowest BCUT2D eigenvalue weighted by atomic mass is 10.0. The van der Waals surface area contributed by atoms with Crippen LogP contribution in [0.2, 0.25) is 0 Å². The number of hydrogen-bond donors (Lipinski definition) is 1. The molecule has 0 saturated carbocycles. The third-order valence-electron chi connectivity index (χ3n) is 2.28. The fraction of sp³-hybridized carbons (Fsp3) is 0. The molecule has 86 valence electrons. The van der Waals surface area contributed by atoms with Crippen LogP contribution in [0, 0.1) is 11.6 Å². The maximum Gasteiger partial charge on any atom is 0.199 e. The van der Waals surface area contributed by atoms with E-state index in [4.69, 9.17) is 5.73 Å². The number of pyridine rings is 1. The van der Waals surface area contributed by atoms with Gasteiger partial charge in [0.05, 0.1) is 5.56 Å². The van der Waals surface area contributed by atoms with Gasteiger partial charge in [-0.2, -0.15) is 0 Å². The van der Waals surface area contributed by atoms with E-state index in [9.17, 15) is 13.6 Å². The molecule has 5 heteroatoms. The molecule has 0 aliphatic rings. The van der Waals surface area contributed by atoms with Crippen LogP contribution in [0.15, 0.2) is 36.7 Å². The summed E-state index contributed by atoms with van der Waals surface area (Å²) in [6.45, 7) is 0. The van der Waals surface area contributed by atoms with E-state index in [1.165, 1.54) is 24.5 Å². The number of nitrogens with two attached hydrogens (primary N) is 1. The lowest BCUT2D eigenvalue weighted by Crippen LogP contribution is -2.10. The molecule has 0 aliphatic carbocycles. The Bertz CT molecular complexity index is 570. The molecule has 2 N–H and O–H groups in total. The normalized spacial score (nSPS) is 10.2. The maximum absolute atomic E-state index is 13.5. The van der Waals surface area contributed by atoms with Crippen LogP contribution in [0.4, 0.5) is 14.5 Å². The van der Waals surface area contributed by atoms with Crippen LogP contribution in [0.25, 0.3) is 0 Å². The van der Waals surface area contributed by atoms with Crippen LogP contribution in [0.5, 0.6) is 0 Å². The molecule has 0 spiro atoms. The Balaban J connectivity index is 2.56. The fourth-order valence-corrected chi connectivity index (χ4v) is 1.44. The minimum Gasteiger partial charge on any atom is -0.398 e. The Hall–Kier alpha value is -2.30. The lowest BCUT2D eigenvalue weighted by Gasteiger charge is -2.06. The van der Waals surface area contributed by atoms with Gasteiger partial charge in [0, 0.05) is 23.6 Å². The van der Waals surface area contributed by atoms with Crippen molar-refractivity contribution in [1.29, 1.82) is 0 Å². The number of rotatable bonds is 2. The van der Waals surface area contributed by atoms with E-state index in [2.05, 4.69) is 4.98 Å². The average molecular weight is 234 g/mol. The van der Waals surface area contributed by atoms with Crippen molar-refractivity contribution in [1.82, 2.24) is 4.98 Å². The maximum atomic E-state index is 13.5. The minimum absolute atomic E-state index is 0.0993. The largest absolute Gasteiger partial charge is 0.398 e. The second-order valence-corrected chi connectivity index (χ2v) is 3.40. The van der Waals surface area contributed by atoms with Gasteiger partial charge < -0.3 is 5.73 Å². The molecule has 0 fully saturated rings. The molecule has 2 aromatic rings. The Morgan fingerprint density at radius 3 is 2.65 bits per heavy atom. The third kappa shape index (κ3) is 1.99. The first-order valence-corrected chi connectivity index (χ1v) is 4.79. The zero-order valence-corrected chi connectivity index (χ0v) is 8.65. The smallest absolute Gasteiger partial charge is 0.199 e. The third-order valence-corrected chi connectivity index (χ3v) is 2.28. The van der Waals surface area contributed by atoms with Gasteiger partial charge in [-0.1, -0.05) is 0 Å². The van der Waals surface area contributed by atoms with Gasteiger partial charge in [0.1, 0.15) is 0 Å². The number of carbonyl (C=O) groups excluding carboxylic acids is 1. The lowest BCUT2D eigenvalue weighted by molar-refractivity contribution is 0.103. The van der Waals surface area contributed by atoms with Gasteiger partial charge in [-0.3, -0.25) is 9.78 Å². The predicted octanol–water partition coefficient (Wildman–Crippen LogP) is 2.17. The quantitative estimate of drug-likeness (QED) is 0.640. The molecule has 0 aliphatic heterocycles. The average Bonchev–Trinajstić information content (AvgIpc) is 2.35. The van der Waals surface area contributed by atoms with Crippen LogP contribution in [-0.4, -0.2) is 10.8 Å². The number of halogens is 2. The number of ketones is 1. The van der Waals surface area contributed by atoms with Crippen molar-refractivity contribution in [2.45, 2.75) is 0 Å². The molecule has 1 heterocycles. The van der Waals surface area contributed by atoms with E-state index in [0.717, 1.165) is 12.1 Å². The second kappa shape index (κ2) is 4.29. The van der Waals surface area contributed by atoms with Crippen LogP contribution < -0.4 is 5.73 Å². The SMILES string of the molecule is Nc1ccc(F)c(F)c1C(=O)c1cccnc1. The zero-order chi connectivity index (χ0) is 12.4. The summed E-state index contributed by atoms with van der Waals surface area (Å²) < 4.78 is 26.5. The number of hydrogen-bond acceptors (Lipinski definition) is 3. The van der Waals surface area contributed by atoms with Crippen molar-refractivity contribution in [2.75, 3.05) is 5.73 Å². The molecule has 2 rings (SSSR count). The highest BCUT2D eigenvalue weighted by molar-refractivity contribution is 6.12. The summed E-state index contributed by atoms with van der Waals surface area (Å²) >= 11 is 0. The first-order chi connectivity index (χ1) is 8.11. The van der Waals surface area contributed by atoms with Crippen molar-refractivity contribution < 1.29 is 13.6 Å². The molecule has 1 aromatic carbocycles. The molecule has 0 amide bonds. The first kappa shape index (κ1) is 11.2. The van der Waals surface area contributed by atoms with E-state index in [1.54, 1.807) is 0 Å². The van der Waals surface area contributed by atoms with Crippen molar-refractivity contribution in [3.8, 4) is 0 Å². The second-order valence-electron chi connectivity index (χ2n) is 3.40. The van der Waals surface area contributed by atoms with E-state index in [1.807, 2.05) is 0 Å². The van der Waals surface area contributed by atoms with Gasteiger partial charge in [-0.15, -0.1) is 0 Å². The number of nitrogens with zero attached hydrogens (tertiary/aromatic N) is 1. The van der Waals surface area contributed by atoms with E-state index >= 15 is 0 Å². The van der Waals surface area contributed by atoms with Crippen LogP contribution in [0.3, 0.4) is 0 Å². The van der Waals surface area contributed by atoms with Gasteiger partial charge in [0.25, 0.3) is 0 Å². The molecular formula is C12H8F2N2O. The van der Waals surface area contributed by atoms with Crippen LogP contribution in [0.1, 0.15) is 15.9 Å². The summed E-state index contributed by atoms with van der Waals surface area (Å²) in [5.74, 6) is -3.03. The zero-order valence-electron chi connectivity index (χ0n) is 8.65. The number of benzene rings is 1. The summed E-state index contributed by atoms with van der Waals surface area (Å²) in [4.78, 5) is 15.6. The standard InChI is InChI=1S/C12H8F2N2O/c13-8-3-4-9(15)10(11(8)14)12(17)7-2-1-5-16-6-7/h1-6H,15H2. The molecule has 0 atom stereocenters. The highest BCUT2D eigenvalue weighted by atomic mass is 19.2. The highest BCUT2D eigenvalue weighted by Crippen LogP contribution is 2.21. The number of anilines is 1. The van der Waals surface area contributed by atoms with Gasteiger partial charge >= 0.3 is 0 Å². The number of nitrogen functional groups attached to an aromatic ring is 1. The number of aromatic nitrogens is 1. The fourth-order valence-electron chi connectivity index (χ4n) is 1.44. The molecule has 0 radical (unpaired) electrons. The monoisotopic (exact) mass is 234 g/mol. The highest BCUT2D eigenvalue weighted by Gasteiger charge is 2.20. The molecule has 0 unspecified atom stereocenters. The van der Waals surface area contributed by atoms with Crippen molar-refractivity contribution >= 4 is 11.5 Å². The molecule has 17 heavy (non-hydrogen) atoms. The summed E-state index contributed by atoms with van der Waals surface area (Å²) in [7, 11) is 0. The topological polar surface area (TPSA) is 56.0 Å². The minimum atomic E-state index is -1.24. The van der Waals surface area contributed by atoms with E-state index in [0.29, 0.717) is 0 Å². The molecule has 0 bridgehead atoms. The molecular weight excluding hydrogens is 226 g/mol.